The van der Waals surface area contributed by atoms with E-state index in [1.165, 1.54) is 17.7 Å². The van der Waals surface area contributed by atoms with E-state index in [-0.39, 0.29) is 23.3 Å². The molecule has 1 saturated carbocycles. The second-order valence-corrected chi connectivity index (χ2v) is 8.63. The Morgan fingerprint density at radius 3 is 2.61 bits per heavy atom. The molecule has 164 valence electrons. The molecule has 8 nitrogen and oxygen atoms in total. The monoisotopic (exact) mass is 441 g/mol. The summed E-state index contributed by atoms with van der Waals surface area (Å²) in [5.74, 6) is 2.93. The number of carbonyl (C=O) groups is 1. The Morgan fingerprint density at radius 1 is 1.19 bits per heavy atom. The lowest BCUT2D eigenvalue weighted by Gasteiger charge is -2.23. The maximum absolute atomic E-state index is 12.3. The second-order valence-electron chi connectivity index (χ2n) is 8.10. The molecule has 1 atom stereocenters. The molecule has 0 bridgehead atoms. The smallest absolute Gasteiger partial charge is 0.257 e. The van der Waals surface area contributed by atoms with Crippen LogP contribution < -0.4 is 10.6 Å². The number of benzene rings is 1. The third-order valence-corrected chi connectivity index (χ3v) is 6.17. The molecule has 9 heteroatoms. The van der Waals surface area contributed by atoms with Gasteiger partial charge in [0.05, 0.1) is 29.0 Å². The molecule has 0 spiro atoms. The Hall–Kier alpha value is -3.07. The molecule has 1 aliphatic carbocycles. The van der Waals surface area contributed by atoms with Crippen LogP contribution in [0.3, 0.4) is 0 Å². The quantitative estimate of drug-likeness (QED) is 0.446. The van der Waals surface area contributed by atoms with Crippen molar-refractivity contribution in [3.8, 4) is 5.75 Å². The highest BCUT2D eigenvalue weighted by Gasteiger charge is 2.30. The van der Waals surface area contributed by atoms with Gasteiger partial charge in [-0.25, -0.2) is 0 Å². The topological polar surface area (TPSA) is 104 Å². The van der Waals surface area contributed by atoms with Crippen LogP contribution in [0.5, 0.6) is 5.75 Å². The zero-order valence-electron chi connectivity index (χ0n) is 17.9. The maximum atomic E-state index is 12.3. The third-order valence-electron chi connectivity index (χ3n) is 5.65. The van der Waals surface area contributed by atoms with E-state index in [0.717, 1.165) is 36.1 Å². The number of aromatic hydroxyl groups is 1. The molecular formula is C22H27N5O3S. The number of hydrogen-bond acceptors (Lipinski definition) is 8. The molecule has 1 aliphatic rings. The predicted molar refractivity (Wildman–Crippen MR) is 121 cm³/mol. The molecular weight excluding hydrogens is 414 g/mol. The van der Waals surface area contributed by atoms with Gasteiger partial charge in [0.2, 0.25) is 0 Å². The molecule has 3 aromatic rings. The van der Waals surface area contributed by atoms with Crippen LogP contribution in [0.25, 0.3) is 0 Å². The van der Waals surface area contributed by atoms with E-state index in [1.54, 1.807) is 32.3 Å². The molecule has 2 aromatic heterocycles. The lowest BCUT2D eigenvalue weighted by Crippen LogP contribution is -2.21. The van der Waals surface area contributed by atoms with Crippen LogP contribution >= 0.6 is 11.7 Å². The lowest BCUT2D eigenvalue weighted by molar-refractivity contribution is 0.0824. The van der Waals surface area contributed by atoms with Crippen molar-refractivity contribution in [3.63, 3.8) is 0 Å². The van der Waals surface area contributed by atoms with Crippen molar-refractivity contribution in [1.82, 2.24) is 13.6 Å². The Balaban J connectivity index is 1.59. The normalized spacial score (nSPS) is 15.1. The summed E-state index contributed by atoms with van der Waals surface area (Å²) in [7, 11) is 3.29. The van der Waals surface area contributed by atoms with E-state index in [9.17, 15) is 9.90 Å². The minimum Gasteiger partial charge on any atom is -0.505 e. The standard InChI is InChI=1S/C22H27N5O3S/c1-13-11-12-17(30-13)18(14-7-4-5-8-14)24-21-20(25-31-26-21)23-16-10-6-9-15(19(16)28)22(29)27(2)3/h6,9-12,14,18,28H,4-5,7-8H2,1-3H3,(H,23,25)(H,24,26). The first-order chi connectivity index (χ1) is 14.9. The number of phenolic OH excluding ortho intramolecular Hbond substituents is 1. The largest absolute Gasteiger partial charge is 0.505 e. The van der Waals surface area contributed by atoms with Crippen LogP contribution in [0.15, 0.2) is 34.7 Å². The van der Waals surface area contributed by atoms with Crippen LogP contribution in [0.2, 0.25) is 0 Å². The molecule has 0 saturated heterocycles. The summed E-state index contributed by atoms with van der Waals surface area (Å²) in [4.78, 5) is 13.8. The van der Waals surface area contributed by atoms with Gasteiger partial charge in [-0.2, -0.15) is 8.75 Å². The number of carbonyl (C=O) groups excluding carboxylic acids is 1. The van der Waals surface area contributed by atoms with Crippen LogP contribution in [0, 0.1) is 12.8 Å². The highest BCUT2D eigenvalue weighted by molar-refractivity contribution is 6.99. The van der Waals surface area contributed by atoms with Crippen molar-refractivity contribution in [2.75, 3.05) is 24.7 Å². The average molecular weight is 442 g/mol. The zero-order valence-corrected chi connectivity index (χ0v) is 18.7. The first-order valence-corrected chi connectivity index (χ1v) is 11.1. The highest BCUT2D eigenvalue weighted by atomic mass is 32.1. The van der Waals surface area contributed by atoms with E-state index >= 15 is 0 Å². The summed E-state index contributed by atoms with van der Waals surface area (Å²) < 4.78 is 14.7. The highest BCUT2D eigenvalue weighted by Crippen LogP contribution is 2.40. The summed E-state index contributed by atoms with van der Waals surface area (Å²) in [6.07, 6.45) is 4.69. The zero-order chi connectivity index (χ0) is 22.0. The minimum absolute atomic E-state index is 0.00380. The Kier molecular flexibility index (Phi) is 6.13. The molecule has 3 N–H and O–H groups in total. The van der Waals surface area contributed by atoms with Crippen LogP contribution in [0.1, 0.15) is 53.6 Å². The third kappa shape index (κ3) is 4.51. The summed E-state index contributed by atoms with van der Waals surface area (Å²) >= 11 is 1.08. The number of nitrogens with one attached hydrogen (secondary N) is 2. The van der Waals surface area contributed by atoms with Crippen molar-refractivity contribution in [2.45, 2.75) is 38.6 Å². The number of rotatable bonds is 7. The summed E-state index contributed by atoms with van der Waals surface area (Å²) in [5.41, 5.74) is 0.623. The van der Waals surface area contributed by atoms with Gasteiger partial charge in [0.25, 0.3) is 5.91 Å². The number of hydrogen-bond donors (Lipinski definition) is 3. The van der Waals surface area contributed by atoms with Gasteiger partial charge in [-0.3, -0.25) is 4.79 Å². The van der Waals surface area contributed by atoms with E-state index in [0.29, 0.717) is 23.2 Å². The van der Waals surface area contributed by atoms with Crippen molar-refractivity contribution >= 4 is 35.0 Å². The Bertz CT molecular complexity index is 1060. The van der Waals surface area contributed by atoms with Gasteiger partial charge in [0.1, 0.15) is 11.5 Å². The fourth-order valence-electron chi connectivity index (χ4n) is 4.03. The number of para-hydroxylation sites is 1. The number of aromatic nitrogens is 2. The van der Waals surface area contributed by atoms with Crippen molar-refractivity contribution in [3.05, 3.63) is 47.4 Å². The van der Waals surface area contributed by atoms with Crippen molar-refractivity contribution in [1.29, 1.82) is 0 Å². The minimum atomic E-state index is -0.273. The molecule has 1 unspecified atom stereocenters. The maximum Gasteiger partial charge on any atom is 0.257 e. The molecule has 2 heterocycles. The predicted octanol–water partition coefficient (Wildman–Crippen LogP) is 4.93. The molecule has 1 fully saturated rings. The number of furan rings is 1. The van der Waals surface area contributed by atoms with Gasteiger partial charge in [0, 0.05) is 14.1 Å². The first kappa shape index (κ1) is 21.2. The molecule has 31 heavy (non-hydrogen) atoms. The van der Waals surface area contributed by atoms with Gasteiger partial charge < -0.3 is 25.1 Å². The van der Waals surface area contributed by atoms with Crippen LogP contribution in [0.4, 0.5) is 17.3 Å². The SMILES string of the molecule is Cc1ccc(C(Nc2nsnc2Nc2cccc(C(=O)N(C)C)c2O)C2CCCC2)o1. The fraction of sp³-hybridized carbons (Fsp3) is 0.409. The number of anilines is 3. The van der Waals surface area contributed by atoms with Gasteiger partial charge in [-0.05, 0) is 49.9 Å². The van der Waals surface area contributed by atoms with E-state index in [1.807, 2.05) is 19.1 Å². The van der Waals surface area contributed by atoms with Crippen LogP contribution in [-0.2, 0) is 0 Å². The second kappa shape index (κ2) is 8.97. The molecule has 0 radical (unpaired) electrons. The van der Waals surface area contributed by atoms with Gasteiger partial charge in [-0.1, -0.05) is 18.9 Å². The van der Waals surface area contributed by atoms with E-state index in [4.69, 9.17) is 4.42 Å². The number of phenols is 1. The van der Waals surface area contributed by atoms with E-state index in [2.05, 4.69) is 19.4 Å². The number of nitrogens with zero attached hydrogens (tertiary/aromatic N) is 3. The average Bonchev–Trinajstić information content (AvgIpc) is 3.50. The Labute approximate surface area is 185 Å². The van der Waals surface area contributed by atoms with Gasteiger partial charge >= 0.3 is 0 Å². The summed E-state index contributed by atoms with van der Waals surface area (Å²) in [6.45, 7) is 1.94. The molecule has 0 aliphatic heterocycles. The molecule has 1 amide bonds. The van der Waals surface area contributed by atoms with Crippen LogP contribution in [-0.4, -0.2) is 38.8 Å². The molecule has 4 rings (SSSR count). The molecule has 1 aromatic carbocycles. The summed E-state index contributed by atoms with van der Waals surface area (Å²) in [5, 5.41) is 17.3. The lowest BCUT2D eigenvalue weighted by atomic mass is 9.96. The fourth-order valence-corrected chi connectivity index (χ4v) is 4.51. The number of amides is 1. The van der Waals surface area contributed by atoms with Crippen molar-refractivity contribution in [2.24, 2.45) is 5.92 Å². The van der Waals surface area contributed by atoms with Gasteiger partial charge in [0.15, 0.2) is 17.4 Å². The first-order valence-electron chi connectivity index (χ1n) is 10.4. The van der Waals surface area contributed by atoms with Crippen molar-refractivity contribution < 1.29 is 14.3 Å². The van der Waals surface area contributed by atoms with Gasteiger partial charge in [-0.15, -0.1) is 0 Å². The Morgan fingerprint density at radius 2 is 1.94 bits per heavy atom. The van der Waals surface area contributed by atoms with E-state index < -0.39 is 0 Å². The number of aryl methyl sites for hydroxylation is 1. The summed E-state index contributed by atoms with van der Waals surface area (Å²) in [6, 6.07) is 9.00.